The Hall–Kier alpha value is -8.40. The van der Waals surface area contributed by atoms with Crippen LogP contribution in [-0.2, 0) is 5.41 Å². The lowest BCUT2D eigenvalue weighted by molar-refractivity contribution is 0.487. The van der Waals surface area contributed by atoms with Crippen LogP contribution in [0.15, 0.2) is 231 Å². The van der Waals surface area contributed by atoms with E-state index >= 15 is 0 Å². The monoisotopic (exact) mass is 844 g/mol. The SMILES string of the molecule is CC1(C)c2cc(N(c3ccc(-c4ccccc4)cc3)c3ccc4c(c3)Oc3cccc5cccc-4c35)ccc2-c2ccc(N(c3cccc4ccccc34)c3cccc4ccccc34)cc21. The molecule has 0 unspecified atom stereocenters. The number of hydrogen-bond donors (Lipinski definition) is 0. The quantitative estimate of drug-likeness (QED) is 0.159. The molecule has 3 nitrogen and oxygen atoms in total. The highest BCUT2D eigenvalue weighted by molar-refractivity contribution is 6.06. The molecule has 0 N–H and O–H groups in total. The van der Waals surface area contributed by atoms with Gasteiger partial charge in [0.15, 0.2) is 0 Å². The molecule has 11 aromatic rings. The first-order valence-electron chi connectivity index (χ1n) is 22.8. The van der Waals surface area contributed by atoms with Crippen molar-refractivity contribution >= 4 is 66.4 Å². The van der Waals surface area contributed by atoms with Gasteiger partial charge < -0.3 is 14.5 Å². The van der Waals surface area contributed by atoms with Gasteiger partial charge in [-0.2, -0.15) is 0 Å². The summed E-state index contributed by atoms with van der Waals surface area (Å²) in [6.07, 6.45) is 0. The third-order valence-electron chi connectivity index (χ3n) is 14.0. The Balaban J connectivity index is 0.945. The fourth-order valence-corrected chi connectivity index (χ4v) is 10.8. The van der Waals surface area contributed by atoms with Crippen molar-refractivity contribution in [2.24, 2.45) is 0 Å². The minimum Gasteiger partial charge on any atom is -0.456 e. The van der Waals surface area contributed by atoms with Gasteiger partial charge in [-0.1, -0.05) is 172 Å². The summed E-state index contributed by atoms with van der Waals surface area (Å²) in [6.45, 7) is 4.77. The van der Waals surface area contributed by atoms with E-state index < -0.39 is 0 Å². The van der Waals surface area contributed by atoms with Gasteiger partial charge in [0.2, 0.25) is 0 Å². The molecule has 11 aromatic carbocycles. The van der Waals surface area contributed by atoms with Crippen LogP contribution in [0.3, 0.4) is 0 Å². The minimum atomic E-state index is -0.302. The van der Waals surface area contributed by atoms with E-state index in [1.54, 1.807) is 0 Å². The van der Waals surface area contributed by atoms with E-state index in [2.05, 4.69) is 254 Å². The molecule has 0 fully saturated rings. The van der Waals surface area contributed by atoms with E-state index in [1.165, 1.54) is 65.9 Å². The highest BCUT2D eigenvalue weighted by Crippen LogP contribution is 2.54. The van der Waals surface area contributed by atoms with Gasteiger partial charge in [0.25, 0.3) is 0 Å². The third kappa shape index (κ3) is 5.97. The molecule has 0 saturated carbocycles. The van der Waals surface area contributed by atoms with Crippen LogP contribution in [0.1, 0.15) is 25.0 Å². The second-order valence-electron chi connectivity index (χ2n) is 18.1. The maximum Gasteiger partial charge on any atom is 0.137 e. The summed E-state index contributed by atoms with van der Waals surface area (Å²) in [4.78, 5) is 4.85. The number of benzene rings is 11. The van der Waals surface area contributed by atoms with Gasteiger partial charge in [0.1, 0.15) is 11.5 Å². The van der Waals surface area contributed by atoms with Gasteiger partial charge in [-0.15, -0.1) is 0 Å². The van der Waals surface area contributed by atoms with Crippen molar-refractivity contribution in [1.82, 2.24) is 0 Å². The lowest BCUT2D eigenvalue weighted by Crippen LogP contribution is -2.18. The van der Waals surface area contributed by atoms with Gasteiger partial charge >= 0.3 is 0 Å². The van der Waals surface area contributed by atoms with Crippen molar-refractivity contribution < 1.29 is 4.74 Å². The van der Waals surface area contributed by atoms with Crippen molar-refractivity contribution in [3.8, 4) is 44.9 Å². The Morgan fingerprint density at radius 1 is 0.333 bits per heavy atom. The summed E-state index contributed by atoms with van der Waals surface area (Å²) in [5.41, 5.74) is 16.2. The Morgan fingerprint density at radius 3 is 1.47 bits per heavy atom. The zero-order valence-electron chi connectivity index (χ0n) is 36.7. The first kappa shape index (κ1) is 38.1. The molecule has 0 bridgehead atoms. The molecule has 66 heavy (non-hydrogen) atoms. The highest BCUT2D eigenvalue weighted by atomic mass is 16.5. The van der Waals surface area contributed by atoms with Crippen molar-refractivity contribution in [2.45, 2.75) is 19.3 Å². The van der Waals surface area contributed by atoms with E-state index in [9.17, 15) is 0 Å². The third-order valence-corrected chi connectivity index (χ3v) is 14.0. The Labute approximate surface area is 385 Å². The Bertz CT molecular complexity index is 3630. The van der Waals surface area contributed by atoms with Crippen LogP contribution in [-0.4, -0.2) is 0 Å². The van der Waals surface area contributed by atoms with Crippen LogP contribution in [0.5, 0.6) is 11.5 Å². The highest BCUT2D eigenvalue weighted by Gasteiger charge is 2.37. The molecule has 3 heteroatoms. The van der Waals surface area contributed by atoms with Gasteiger partial charge in [-0.3, -0.25) is 0 Å². The molecule has 0 radical (unpaired) electrons. The Kier molecular flexibility index (Phi) is 8.56. The summed E-state index contributed by atoms with van der Waals surface area (Å²) in [6, 6.07) is 83.9. The summed E-state index contributed by atoms with van der Waals surface area (Å²) in [5, 5.41) is 7.21. The molecule has 0 aromatic heterocycles. The number of fused-ring (bicyclic) bond motifs is 7. The first-order valence-corrected chi connectivity index (χ1v) is 22.8. The van der Waals surface area contributed by atoms with Crippen LogP contribution >= 0.6 is 0 Å². The fraction of sp³-hybridized carbons (Fsp3) is 0.0476. The normalized spacial score (nSPS) is 12.9. The van der Waals surface area contributed by atoms with Crippen molar-refractivity contribution in [2.75, 3.05) is 9.80 Å². The zero-order valence-corrected chi connectivity index (χ0v) is 36.7. The lowest BCUT2D eigenvalue weighted by atomic mass is 9.82. The van der Waals surface area contributed by atoms with E-state index in [1.807, 2.05) is 0 Å². The fourth-order valence-electron chi connectivity index (χ4n) is 10.8. The molecule has 0 atom stereocenters. The smallest absolute Gasteiger partial charge is 0.137 e. The Morgan fingerprint density at radius 2 is 0.818 bits per heavy atom. The van der Waals surface area contributed by atoms with Gasteiger partial charge in [-0.25, -0.2) is 0 Å². The number of ether oxygens (including phenoxy) is 1. The van der Waals surface area contributed by atoms with Crippen LogP contribution in [0, 0.1) is 0 Å². The standard InChI is InChI=1S/C63H44N2O/c1-63(2)56-38-47(64(46-30-28-42(29-31-46)41-14-4-3-5-15-41)49-34-37-54-55-24-10-20-45-21-13-27-60(62(45)55)66-61(54)40-49)32-35-52(56)53-36-33-48(39-57(53)63)65(58-25-11-18-43-16-6-8-22-50(43)58)59-26-12-19-44-17-7-9-23-51(44)59/h3-40H,1-2H3. The summed E-state index contributed by atoms with van der Waals surface area (Å²) < 4.78 is 6.75. The molecular formula is C63H44N2O. The molecule has 0 amide bonds. The van der Waals surface area contributed by atoms with Crippen LogP contribution in [0.4, 0.5) is 34.1 Å². The van der Waals surface area contributed by atoms with Crippen LogP contribution in [0.2, 0.25) is 0 Å². The predicted molar refractivity (Wildman–Crippen MR) is 277 cm³/mol. The van der Waals surface area contributed by atoms with Crippen molar-refractivity contribution in [3.05, 3.63) is 242 Å². The number of hydrogen-bond acceptors (Lipinski definition) is 3. The zero-order chi connectivity index (χ0) is 43.9. The average Bonchev–Trinajstić information content (AvgIpc) is 3.59. The van der Waals surface area contributed by atoms with E-state index in [4.69, 9.17) is 4.74 Å². The van der Waals surface area contributed by atoms with Gasteiger partial charge in [0, 0.05) is 56.0 Å². The molecule has 312 valence electrons. The maximum atomic E-state index is 6.75. The molecule has 1 aliphatic heterocycles. The number of rotatable bonds is 7. The minimum absolute atomic E-state index is 0.302. The van der Waals surface area contributed by atoms with Crippen LogP contribution < -0.4 is 14.5 Å². The van der Waals surface area contributed by atoms with E-state index in [0.29, 0.717) is 0 Å². The molecule has 0 spiro atoms. The average molecular weight is 845 g/mol. The molecule has 1 aliphatic carbocycles. The topological polar surface area (TPSA) is 15.7 Å². The van der Waals surface area contributed by atoms with Crippen molar-refractivity contribution in [3.63, 3.8) is 0 Å². The summed E-state index contributed by atoms with van der Waals surface area (Å²) in [7, 11) is 0. The second-order valence-corrected chi connectivity index (χ2v) is 18.1. The largest absolute Gasteiger partial charge is 0.456 e. The van der Waals surface area contributed by atoms with E-state index in [0.717, 1.165) is 56.6 Å². The van der Waals surface area contributed by atoms with Gasteiger partial charge in [-0.05, 0) is 122 Å². The maximum absolute atomic E-state index is 6.75. The second kappa shape index (κ2) is 14.8. The molecule has 1 heterocycles. The van der Waals surface area contributed by atoms with E-state index in [-0.39, 0.29) is 5.41 Å². The molecule has 2 aliphatic rings. The van der Waals surface area contributed by atoms with Crippen LogP contribution in [0.25, 0.3) is 65.7 Å². The first-order chi connectivity index (χ1) is 32.5. The molecule has 0 saturated heterocycles. The molecular weight excluding hydrogens is 801 g/mol. The van der Waals surface area contributed by atoms with Gasteiger partial charge in [0.05, 0.1) is 11.4 Å². The summed E-state index contributed by atoms with van der Waals surface area (Å²) >= 11 is 0. The predicted octanol–water partition coefficient (Wildman–Crippen LogP) is 17.8. The molecule has 13 rings (SSSR count). The van der Waals surface area contributed by atoms with Crippen molar-refractivity contribution in [1.29, 1.82) is 0 Å². The number of nitrogens with zero attached hydrogens (tertiary/aromatic N) is 2. The lowest BCUT2D eigenvalue weighted by Gasteiger charge is -2.30. The number of anilines is 6. The summed E-state index contributed by atoms with van der Waals surface area (Å²) in [5.74, 6) is 1.75.